The summed E-state index contributed by atoms with van der Waals surface area (Å²) >= 11 is 0. The van der Waals surface area contributed by atoms with Crippen LogP contribution in [0.4, 0.5) is 11.6 Å². The first kappa shape index (κ1) is 9.25. The van der Waals surface area contributed by atoms with E-state index in [4.69, 9.17) is 10.3 Å². The van der Waals surface area contributed by atoms with Crippen molar-refractivity contribution in [3.63, 3.8) is 0 Å². The topological polar surface area (TPSA) is 103 Å². The molecular formula is C8H8N6O. The Labute approximate surface area is 85.1 Å². The van der Waals surface area contributed by atoms with E-state index in [9.17, 15) is 0 Å². The first-order chi connectivity index (χ1) is 7.22. The van der Waals surface area contributed by atoms with Gasteiger partial charge in [-0.25, -0.2) is 15.0 Å². The van der Waals surface area contributed by atoms with Crippen LogP contribution in [0, 0.1) is 6.92 Å². The smallest absolute Gasteiger partial charge is 0.223 e. The monoisotopic (exact) mass is 204 g/mol. The highest BCUT2D eigenvalue weighted by molar-refractivity contribution is 5.78. The van der Waals surface area contributed by atoms with Gasteiger partial charge in [0.05, 0.1) is 0 Å². The van der Waals surface area contributed by atoms with Gasteiger partial charge >= 0.3 is 0 Å². The fourth-order valence-corrected chi connectivity index (χ4v) is 1.12. The molecule has 0 amide bonds. The minimum atomic E-state index is 0.244. The number of hydrogen-bond acceptors (Lipinski definition) is 7. The fourth-order valence-electron chi connectivity index (χ4n) is 1.12. The van der Waals surface area contributed by atoms with Gasteiger partial charge in [0.2, 0.25) is 11.7 Å². The van der Waals surface area contributed by atoms with Gasteiger partial charge in [-0.05, 0) is 6.72 Å². The van der Waals surface area contributed by atoms with Crippen LogP contribution >= 0.6 is 0 Å². The van der Waals surface area contributed by atoms with Gasteiger partial charge < -0.3 is 10.3 Å². The Morgan fingerprint density at radius 2 is 2.27 bits per heavy atom. The molecule has 0 saturated carbocycles. The Morgan fingerprint density at radius 3 is 2.87 bits per heavy atom. The minimum absolute atomic E-state index is 0.244. The summed E-state index contributed by atoms with van der Waals surface area (Å²) in [4.78, 5) is 15.5. The first-order valence-electron chi connectivity index (χ1n) is 4.10. The number of hydrogen-bond donors (Lipinski definition) is 1. The molecule has 0 unspecified atom stereocenters. The summed E-state index contributed by atoms with van der Waals surface area (Å²) in [6, 6.07) is 0. The highest BCUT2D eigenvalue weighted by atomic mass is 16.5. The van der Waals surface area contributed by atoms with Gasteiger partial charge in [-0.3, -0.25) is 0 Å². The molecule has 15 heavy (non-hydrogen) atoms. The van der Waals surface area contributed by atoms with Gasteiger partial charge in [-0.1, -0.05) is 5.16 Å². The molecule has 2 N–H and O–H groups in total. The van der Waals surface area contributed by atoms with Gasteiger partial charge in [-0.2, -0.15) is 4.98 Å². The van der Waals surface area contributed by atoms with E-state index in [1.807, 2.05) is 0 Å². The molecule has 7 heteroatoms. The summed E-state index contributed by atoms with van der Waals surface area (Å²) in [7, 11) is 0. The lowest BCUT2D eigenvalue weighted by atomic mass is 10.2. The number of anilines is 1. The Morgan fingerprint density at radius 1 is 1.47 bits per heavy atom. The third-order valence-corrected chi connectivity index (χ3v) is 1.76. The van der Waals surface area contributed by atoms with Crippen molar-refractivity contribution in [3.05, 3.63) is 12.2 Å². The molecule has 0 aliphatic carbocycles. The lowest BCUT2D eigenvalue weighted by Gasteiger charge is -2.01. The molecule has 0 fully saturated rings. The van der Waals surface area contributed by atoms with Crippen LogP contribution in [0.15, 0.2) is 15.8 Å². The van der Waals surface area contributed by atoms with Crippen molar-refractivity contribution in [3.8, 4) is 11.4 Å². The van der Waals surface area contributed by atoms with Gasteiger partial charge in [0.25, 0.3) is 0 Å². The molecule has 2 aromatic heterocycles. The fraction of sp³-hybridized carbons (Fsp3) is 0.125. The Hall–Kier alpha value is -2.31. The second kappa shape index (κ2) is 3.45. The number of nitrogens with two attached hydrogens (primary N) is 1. The lowest BCUT2D eigenvalue weighted by molar-refractivity contribution is 0.394. The van der Waals surface area contributed by atoms with Gasteiger partial charge in [-0.15, -0.1) is 0 Å². The molecule has 2 aromatic rings. The van der Waals surface area contributed by atoms with Gasteiger partial charge in [0.15, 0.2) is 5.82 Å². The minimum Gasteiger partial charge on any atom is -0.383 e. The summed E-state index contributed by atoms with van der Waals surface area (Å²) in [5.41, 5.74) is 6.11. The molecule has 0 aliphatic rings. The molecule has 0 spiro atoms. The van der Waals surface area contributed by atoms with Crippen molar-refractivity contribution >= 4 is 18.4 Å². The highest BCUT2D eigenvalue weighted by Crippen LogP contribution is 2.29. The largest absolute Gasteiger partial charge is 0.383 e. The van der Waals surface area contributed by atoms with Crippen LogP contribution in [0.5, 0.6) is 0 Å². The maximum Gasteiger partial charge on any atom is 0.223 e. The summed E-state index contributed by atoms with van der Waals surface area (Å²) in [5.74, 6) is 1.33. The quantitative estimate of drug-likeness (QED) is 0.724. The first-order valence-corrected chi connectivity index (χ1v) is 4.10. The van der Waals surface area contributed by atoms with Crippen LogP contribution in [-0.2, 0) is 0 Å². The standard InChI is InChI=1S/C8H8N6O/c1-4-13-8(14-15-4)5-6(9)11-3-12-7(5)10-2/h3H,2H2,1H3,(H2,9,11,12). The van der Waals surface area contributed by atoms with E-state index in [0.717, 1.165) is 0 Å². The predicted molar refractivity (Wildman–Crippen MR) is 53.7 cm³/mol. The van der Waals surface area contributed by atoms with Crippen LogP contribution in [-0.4, -0.2) is 26.8 Å². The lowest BCUT2D eigenvalue weighted by Crippen LogP contribution is -1.97. The summed E-state index contributed by atoms with van der Waals surface area (Å²) in [5, 5.41) is 3.72. The van der Waals surface area contributed by atoms with Gasteiger partial charge in [0, 0.05) is 6.92 Å². The zero-order valence-electron chi connectivity index (χ0n) is 8.01. The Balaban J connectivity index is 2.65. The molecule has 0 aliphatic heterocycles. The van der Waals surface area contributed by atoms with E-state index < -0.39 is 0 Å². The second-order valence-electron chi connectivity index (χ2n) is 2.75. The highest BCUT2D eigenvalue weighted by Gasteiger charge is 2.15. The van der Waals surface area contributed by atoms with E-state index in [1.165, 1.54) is 6.33 Å². The normalized spacial score (nSPS) is 10.2. The molecule has 7 nitrogen and oxygen atoms in total. The number of aryl methyl sites for hydroxylation is 1. The van der Waals surface area contributed by atoms with Crippen molar-refractivity contribution in [2.45, 2.75) is 6.92 Å². The maximum atomic E-state index is 5.68. The SMILES string of the molecule is C=Nc1ncnc(N)c1-c1noc(C)n1. The molecule has 2 rings (SSSR count). The maximum absolute atomic E-state index is 5.68. The van der Waals surface area contributed by atoms with Crippen molar-refractivity contribution in [1.29, 1.82) is 0 Å². The van der Waals surface area contributed by atoms with Crippen LogP contribution in [0.2, 0.25) is 0 Å². The number of aliphatic imine (C=N–C) groups is 1. The third-order valence-electron chi connectivity index (χ3n) is 1.76. The van der Waals surface area contributed by atoms with E-state index in [-0.39, 0.29) is 5.82 Å². The third kappa shape index (κ3) is 1.54. The van der Waals surface area contributed by atoms with Crippen LogP contribution in [0.1, 0.15) is 5.89 Å². The van der Waals surface area contributed by atoms with E-state index >= 15 is 0 Å². The number of nitrogen functional groups attached to an aromatic ring is 1. The average Bonchev–Trinajstić information content (AvgIpc) is 2.64. The predicted octanol–water partition coefficient (Wildman–Crippen LogP) is 0.749. The molecule has 0 atom stereocenters. The number of nitrogens with zero attached hydrogens (tertiary/aromatic N) is 5. The van der Waals surface area contributed by atoms with E-state index in [0.29, 0.717) is 23.1 Å². The summed E-state index contributed by atoms with van der Waals surface area (Å²) < 4.78 is 4.84. The number of aromatic nitrogens is 4. The summed E-state index contributed by atoms with van der Waals surface area (Å²) in [6.45, 7) is 5.06. The number of rotatable bonds is 2. The van der Waals surface area contributed by atoms with Crippen LogP contribution < -0.4 is 5.73 Å². The average molecular weight is 204 g/mol. The van der Waals surface area contributed by atoms with Crippen LogP contribution in [0.3, 0.4) is 0 Å². The van der Waals surface area contributed by atoms with Crippen molar-refractivity contribution < 1.29 is 4.52 Å². The molecule has 0 aromatic carbocycles. The molecule has 0 bridgehead atoms. The van der Waals surface area contributed by atoms with Gasteiger partial charge in [0.1, 0.15) is 17.7 Å². The Bertz CT molecular complexity index is 506. The molecule has 76 valence electrons. The van der Waals surface area contributed by atoms with Crippen molar-refractivity contribution in [2.24, 2.45) is 4.99 Å². The zero-order chi connectivity index (χ0) is 10.8. The molecule has 0 radical (unpaired) electrons. The van der Waals surface area contributed by atoms with Crippen LogP contribution in [0.25, 0.3) is 11.4 Å². The van der Waals surface area contributed by atoms with Crippen molar-refractivity contribution in [1.82, 2.24) is 20.1 Å². The van der Waals surface area contributed by atoms with E-state index in [2.05, 4.69) is 31.8 Å². The zero-order valence-corrected chi connectivity index (χ0v) is 8.01. The molecule has 2 heterocycles. The van der Waals surface area contributed by atoms with Crippen molar-refractivity contribution in [2.75, 3.05) is 5.73 Å². The second-order valence-corrected chi connectivity index (χ2v) is 2.75. The Kier molecular flexibility index (Phi) is 2.13. The van der Waals surface area contributed by atoms with E-state index in [1.54, 1.807) is 6.92 Å². The molecular weight excluding hydrogens is 196 g/mol. The summed E-state index contributed by atoms with van der Waals surface area (Å²) in [6.07, 6.45) is 1.30. The molecule has 0 saturated heterocycles.